The van der Waals surface area contributed by atoms with Crippen molar-refractivity contribution in [3.8, 4) is 46.4 Å². The zero-order valence-corrected chi connectivity index (χ0v) is 24.5. The summed E-state index contributed by atoms with van der Waals surface area (Å²) in [7, 11) is 0. The lowest BCUT2D eigenvalue weighted by Crippen LogP contribution is -2.20. The summed E-state index contributed by atoms with van der Waals surface area (Å²) >= 11 is 0. The third kappa shape index (κ3) is 5.53. The van der Waals surface area contributed by atoms with Crippen molar-refractivity contribution in [2.45, 2.75) is 26.4 Å². The number of nitriles is 3. The maximum Gasteiger partial charge on any atom is 0.338 e. The van der Waals surface area contributed by atoms with Gasteiger partial charge >= 0.3 is 5.97 Å². The molecule has 3 aromatic carbocycles. The van der Waals surface area contributed by atoms with Gasteiger partial charge in [-0.25, -0.2) is 4.79 Å². The third-order valence-electron chi connectivity index (χ3n) is 7.28. The van der Waals surface area contributed by atoms with Crippen LogP contribution in [0.4, 0.5) is 0 Å². The minimum Gasteiger partial charge on any atom is -0.480 e. The van der Waals surface area contributed by atoms with E-state index in [0.717, 1.165) is 33.8 Å². The van der Waals surface area contributed by atoms with E-state index in [1.165, 1.54) is 0 Å². The quantitative estimate of drug-likeness (QED) is 0.163. The van der Waals surface area contributed by atoms with Gasteiger partial charge in [-0.2, -0.15) is 15.8 Å². The molecule has 5 rings (SSSR count). The van der Waals surface area contributed by atoms with Gasteiger partial charge in [0.1, 0.15) is 29.4 Å². The van der Waals surface area contributed by atoms with Gasteiger partial charge in [-0.05, 0) is 62.2 Å². The Hall–Kier alpha value is -6.10. The standard InChI is InChI=1S/C37H28N4O3/c1-4-43-36(42)27-15-18-30(19-16-27)41-33(25-11-7-5-8-12-25)21-28(34(41)26-13-9-6-10-14-26)17-20-32-31(24-40)35(29(22-38)23-39)44-37(32,2)3/h5-21H,4H2,1-3H3/b20-17+. The zero-order chi connectivity index (χ0) is 31.3. The number of aromatic nitrogens is 1. The molecule has 0 bridgehead atoms. The summed E-state index contributed by atoms with van der Waals surface area (Å²) in [6.07, 6.45) is 3.75. The van der Waals surface area contributed by atoms with E-state index in [2.05, 4.69) is 16.7 Å². The van der Waals surface area contributed by atoms with Crippen LogP contribution in [0.5, 0.6) is 0 Å². The van der Waals surface area contributed by atoms with Gasteiger partial charge in [-0.15, -0.1) is 0 Å². The van der Waals surface area contributed by atoms with Crippen LogP contribution in [-0.4, -0.2) is 22.7 Å². The predicted octanol–water partition coefficient (Wildman–Crippen LogP) is 7.93. The van der Waals surface area contributed by atoms with Crippen LogP contribution in [0.25, 0.3) is 34.3 Å². The monoisotopic (exact) mass is 576 g/mol. The van der Waals surface area contributed by atoms with Crippen molar-refractivity contribution >= 4 is 12.0 Å². The fourth-order valence-electron chi connectivity index (χ4n) is 5.25. The smallest absolute Gasteiger partial charge is 0.338 e. The summed E-state index contributed by atoms with van der Waals surface area (Å²) < 4.78 is 13.3. The number of esters is 1. The van der Waals surface area contributed by atoms with Crippen LogP contribution in [0.3, 0.4) is 0 Å². The van der Waals surface area contributed by atoms with E-state index < -0.39 is 5.60 Å². The molecule has 0 radical (unpaired) electrons. The molecule has 0 saturated carbocycles. The minimum atomic E-state index is -0.948. The highest BCUT2D eigenvalue weighted by molar-refractivity contribution is 5.90. The lowest BCUT2D eigenvalue weighted by Gasteiger charge is -2.20. The Morgan fingerprint density at radius 2 is 1.50 bits per heavy atom. The first-order valence-corrected chi connectivity index (χ1v) is 14.0. The van der Waals surface area contributed by atoms with Gasteiger partial charge in [0.2, 0.25) is 0 Å². The lowest BCUT2D eigenvalue weighted by molar-refractivity contribution is 0.0526. The van der Waals surface area contributed by atoms with Gasteiger partial charge in [-0.1, -0.05) is 72.8 Å². The molecule has 1 aliphatic rings. The van der Waals surface area contributed by atoms with Gasteiger partial charge in [0.15, 0.2) is 11.3 Å². The number of rotatable bonds is 7. The third-order valence-corrected chi connectivity index (χ3v) is 7.28. The Morgan fingerprint density at radius 3 is 2.07 bits per heavy atom. The maximum atomic E-state index is 12.4. The molecule has 1 aliphatic heterocycles. The number of allylic oxidation sites excluding steroid dienone is 2. The summed E-state index contributed by atoms with van der Waals surface area (Å²) in [4.78, 5) is 12.4. The van der Waals surface area contributed by atoms with E-state index >= 15 is 0 Å². The van der Waals surface area contributed by atoms with Crippen molar-refractivity contribution in [3.63, 3.8) is 0 Å². The molecule has 0 aliphatic carbocycles. The molecule has 214 valence electrons. The number of hydrogen-bond donors (Lipinski definition) is 0. The number of nitrogens with zero attached hydrogens (tertiary/aromatic N) is 4. The highest BCUT2D eigenvalue weighted by atomic mass is 16.5. The van der Waals surface area contributed by atoms with Crippen LogP contribution in [-0.2, 0) is 9.47 Å². The lowest BCUT2D eigenvalue weighted by atomic mass is 9.94. The molecule has 0 unspecified atom stereocenters. The van der Waals surface area contributed by atoms with Crippen LogP contribution in [0, 0.1) is 34.0 Å². The Morgan fingerprint density at radius 1 is 0.886 bits per heavy atom. The molecule has 0 N–H and O–H groups in total. The second kappa shape index (κ2) is 12.4. The van der Waals surface area contributed by atoms with Crippen LogP contribution in [0.2, 0.25) is 0 Å². The second-order valence-corrected chi connectivity index (χ2v) is 10.4. The van der Waals surface area contributed by atoms with Gasteiger partial charge in [0.05, 0.1) is 23.6 Å². The zero-order valence-electron chi connectivity index (χ0n) is 24.5. The van der Waals surface area contributed by atoms with Gasteiger partial charge in [0.25, 0.3) is 0 Å². The first kappa shape index (κ1) is 29.4. The number of benzene rings is 3. The summed E-state index contributed by atoms with van der Waals surface area (Å²) in [6.45, 7) is 5.67. The average molecular weight is 577 g/mol. The van der Waals surface area contributed by atoms with Gasteiger partial charge < -0.3 is 14.0 Å². The summed E-state index contributed by atoms with van der Waals surface area (Å²) in [5.41, 5.74) is 5.44. The molecule has 7 nitrogen and oxygen atoms in total. The number of carbonyl (C=O) groups is 1. The van der Waals surface area contributed by atoms with Crippen molar-refractivity contribution in [2.75, 3.05) is 6.61 Å². The summed E-state index contributed by atoms with van der Waals surface area (Å²) in [5.74, 6) is -0.385. The summed E-state index contributed by atoms with van der Waals surface area (Å²) in [6, 6.07) is 35.1. The maximum absolute atomic E-state index is 12.4. The van der Waals surface area contributed by atoms with Crippen molar-refractivity contribution in [2.24, 2.45) is 0 Å². The molecule has 0 saturated heterocycles. The van der Waals surface area contributed by atoms with E-state index in [4.69, 9.17) is 9.47 Å². The van der Waals surface area contributed by atoms with E-state index in [-0.39, 0.29) is 22.9 Å². The summed E-state index contributed by atoms with van der Waals surface area (Å²) in [5, 5.41) is 29.0. The normalized spacial score (nSPS) is 13.6. The van der Waals surface area contributed by atoms with Gasteiger partial charge in [-0.3, -0.25) is 0 Å². The first-order chi connectivity index (χ1) is 21.3. The Labute approximate surface area is 256 Å². The molecular weight excluding hydrogens is 548 g/mol. The van der Waals surface area contributed by atoms with Crippen molar-refractivity contribution < 1.29 is 14.3 Å². The topological polar surface area (TPSA) is 112 Å². The Balaban J connectivity index is 1.76. The van der Waals surface area contributed by atoms with E-state index in [9.17, 15) is 20.6 Å². The number of ether oxygens (including phenoxy) is 2. The molecule has 2 heterocycles. The van der Waals surface area contributed by atoms with Gasteiger partial charge in [0, 0.05) is 16.8 Å². The molecule has 0 fully saturated rings. The Bertz CT molecular complexity index is 1930. The molecule has 0 amide bonds. The molecule has 1 aromatic heterocycles. The largest absolute Gasteiger partial charge is 0.480 e. The molecule has 44 heavy (non-hydrogen) atoms. The molecule has 0 atom stereocenters. The number of hydrogen-bond acceptors (Lipinski definition) is 6. The van der Waals surface area contributed by atoms with Crippen LogP contribution < -0.4 is 0 Å². The Kier molecular flexibility index (Phi) is 8.29. The van der Waals surface area contributed by atoms with Crippen LogP contribution >= 0.6 is 0 Å². The minimum absolute atomic E-state index is 0.00494. The molecule has 7 heteroatoms. The predicted molar refractivity (Wildman–Crippen MR) is 168 cm³/mol. The van der Waals surface area contributed by atoms with E-state index in [1.54, 1.807) is 32.9 Å². The number of carbonyl (C=O) groups excluding carboxylic acids is 1. The highest BCUT2D eigenvalue weighted by Crippen LogP contribution is 2.42. The molecule has 4 aromatic rings. The van der Waals surface area contributed by atoms with Crippen molar-refractivity contribution in [1.82, 2.24) is 4.57 Å². The van der Waals surface area contributed by atoms with E-state index in [0.29, 0.717) is 17.7 Å². The van der Waals surface area contributed by atoms with Crippen LogP contribution in [0.1, 0.15) is 36.7 Å². The average Bonchev–Trinajstić information content (AvgIpc) is 3.55. The van der Waals surface area contributed by atoms with E-state index in [1.807, 2.05) is 97.1 Å². The van der Waals surface area contributed by atoms with Crippen molar-refractivity contribution in [3.05, 3.63) is 131 Å². The van der Waals surface area contributed by atoms with Crippen LogP contribution in [0.15, 0.2) is 120 Å². The first-order valence-electron chi connectivity index (χ1n) is 14.0. The second-order valence-electron chi connectivity index (χ2n) is 10.4. The SMILES string of the molecule is CCOC(=O)c1ccc(-n2c(-c3ccccc3)cc(/C=C/C3=C(C#N)C(=C(C#N)C#N)OC3(C)C)c2-c2ccccc2)cc1. The highest BCUT2D eigenvalue weighted by Gasteiger charge is 2.38. The molecule has 0 spiro atoms. The molecular formula is C37H28N4O3. The fourth-order valence-corrected chi connectivity index (χ4v) is 5.25. The fraction of sp³-hybridized carbons (Fsp3) is 0.135. The van der Waals surface area contributed by atoms with Crippen molar-refractivity contribution in [1.29, 1.82) is 15.8 Å².